The lowest BCUT2D eigenvalue weighted by Gasteiger charge is -2.33. The lowest BCUT2D eigenvalue weighted by molar-refractivity contribution is -0.140. The minimum atomic E-state index is -4.09. The summed E-state index contributed by atoms with van der Waals surface area (Å²) in [6.45, 7) is 7.42. The maximum Gasteiger partial charge on any atom is 0.264 e. The standard InChI is InChI=1S/C30H36BrN3O4S/c1-5-23(4)32-30(36)28(6-2)33(20-24-17-15-22(3)16-18-24)29(35)21-34(26-12-10-11-25(31)19-26)39(37,38)27-13-8-7-9-14-27/h7-19,23,28H,5-6,20-21H2,1-4H3,(H,32,36)/t23-,28+/m0/s1. The summed E-state index contributed by atoms with van der Waals surface area (Å²) in [5.41, 5.74) is 2.27. The Kier molecular flexibility index (Phi) is 10.7. The summed E-state index contributed by atoms with van der Waals surface area (Å²) in [6, 6.07) is 21.8. The third kappa shape index (κ3) is 7.92. The Bertz CT molecular complexity index is 1360. The highest BCUT2D eigenvalue weighted by Gasteiger charge is 2.34. The van der Waals surface area contributed by atoms with E-state index in [1.165, 1.54) is 17.0 Å². The summed E-state index contributed by atoms with van der Waals surface area (Å²) < 4.78 is 29.4. The van der Waals surface area contributed by atoms with E-state index in [0.717, 1.165) is 21.9 Å². The number of benzene rings is 3. The van der Waals surface area contributed by atoms with Crippen molar-refractivity contribution in [2.75, 3.05) is 10.8 Å². The number of amides is 2. The van der Waals surface area contributed by atoms with Gasteiger partial charge in [0.25, 0.3) is 10.0 Å². The summed E-state index contributed by atoms with van der Waals surface area (Å²) in [5, 5.41) is 2.99. The van der Waals surface area contributed by atoms with Crippen LogP contribution in [0.1, 0.15) is 44.7 Å². The van der Waals surface area contributed by atoms with Crippen molar-refractivity contribution >= 4 is 43.5 Å². The highest BCUT2D eigenvalue weighted by atomic mass is 79.9. The van der Waals surface area contributed by atoms with Gasteiger partial charge in [0.1, 0.15) is 12.6 Å². The van der Waals surface area contributed by atoms with Crippen LogP contribution in [0.3, 0.4) is 0 Å². The van der Waals surface area contributed by atoms with Gasteiger partial charge < -0.3 is 10.2 Å². The van der Waals surface area contributed by atoms with Gasteiger partial charge in [-0.15, -0.1) is 0 Å². The number of nitrogens with zero attached hydrogens (tertiary/aromatic N) is 2. The molecule has 2 amide bonds. The van der Waals surface area contributed by atoms with Crippen molar-refractivity contribution in [3.8, 4) is 0 Å². The molecule has 3 aromatic carbocycles. The molecule has 0 saturated carbocycles. The fourth-order valence-corrected chi connectivity index (χ4v) is 5.94. The normalized spacial score (nSPS) is 12.8. The van der Waals surface area contributed by atoms with Crippen LogP contribution in [0, 0.1) is 6.92 Å². The van der Waals surface area contributed by atoms with E-state index in [0.29, 0.717) is 16.6 Å². The molecule has 0 radical (unpaired) electrons. The molecule has 1 N–H and O–H groups in total. The van der Waals surface area contributed by atoms with E-state index in [1.54, 1.807) is 42.5 Å². The molecule has 39 heavy (non-hydrogen) atoms. The van der Waals surface area contributed by atoms with E-state index in [4.69, 9.17) is 0 Å². The van der Waals surface area contributed by atoms with Crippen molar-refractivity contribution in [2.24, 2.45) is 0 Å². The van der Waals surface area contributed by atoms with Gasteiger partial charge in [-0.3, -0.25) is 13.9 Å². The largest absolute Gasteiger partial charge is 0.352 e. The quantitative estimate of drug-likeness (QED) is 0.285. The third-order valence-electron chi connectivity index (χ3n) is 6.57. The fourth-order valence-electron chi connectivity index (χ4n) is 4.13. The number of halogens is 1. The maximum absolute atomic E-state index is 14.0. The molecule has 0 unspecified atom stereocenters. The predicted molar refractivity (Wildman–Crippen MR) is 159 cm³/mol. The maximum atomic E-state index is 14.0. The van der Waals surface area contributed by atoms with Crippen molar-refractivity contribution in [1.29, 1.82) is 0 Å². The highest BCUT2D eigenvalue weighted by molar-refractivity contribution is 9.10. The summed E-state index contributed by atoms with van der Waals surface area (Å²) in [4.78, 5) is 28.9. The first-order valence-electron chi connectivity index (χ1n) is 13.1. The average molecular weight is 615 g/mol. The number of anilines is 1. The Morgan fingerprint density at radius 1 is 0.923 bits per heavy atom. The first kappa shape index (κ1) is 30.4. The van der Waals surface area contributed by atoms with Crippen LogP contribution in [-0.2, 0) is 26.2 Å². The van der Waals surface area contributed by atoms with E-state index in [2.05, 4.69) is 21.2 Å². The van der Waals surface area contributed by atoms with Crippen molar-refractivity contribution in [3.63, 3.8) is 0 Å². The van der Waals surface area contributed by atoms with E-state index in [9.17, 15) is 18.0 Å². The number of rotatable bonds is 12. The Morgan fingerprint density at radius 3 is 2.18 bits per heavy atom. The molecule has 0 saturated heterocycles. The van der Waals surface area contributed by atoms with Gasteiger partial charge in [0.15, 0.2) is 0 Å². The smallest absolute Gasteiger partial charge is 0.264 e. The van der Waals surface area contributed by atoms with Crippen molar-refractivity contribution in [2.45, 2.75) is 64.1 Å². The van der Waals surface area contributed by atoms with Gasteiger partial charge in [0.2, 0.25) is 11.8 Å². The predicted octanol–water partition coefficient (Wildman–Crippen LogP) is 5.67. The first-order valence-corrected chi connectivity index (χ1v) is 15.3. The van der Waals surface area contributed by atoms with Crippen LogP contribution < -0.4 is 9.62 Å². The molecule has 0 aliphatic carbocycles. The highest BCUT2D eigenvalue weighted by Crippen LogP contribution is 2.27. The molecular weight excluding hydrogens is 578 g/mol. The molecule has 208 valence electrons. The average Bonchev–Trinajstić information content (AvgIpc) is 2.92. The second kappa shape index (κ2) is 13.8. The van der Waals surface area contributed by atoms with Crippen LogP contribution >= 0.6 is 15.9 Å². The van der Waals surface area contributed by atoms with Crippen LogP contribution in [0.15, 0.2) is 88.2 Å². The van der Waals surface area contributed by atoms with Crippen LogP contribution in [0.4, 0.5) is 5.69 Å². The minimum Gasteiger partial charge on any atom is -0.352 e. The van der Waals surface area contributed by atoms with Gasteiger partial charge in [-0.25, -0.2) is 8.42 Å². The Hall–Kier alpha value is -3.17. The summed E-state index contributed by atoms with van der Waals surface area (Å²) >= 11 is 3.41. The van der Waals surface area contributed by atoms with Crippen LogP contribution in [0.5, 0.6) is 0 Å². The molecule has 7 nitrogen and oxygen atoms in total. The Balaban J connectivity index is 2.04. The molecule has 0 spiro atoms. The number of nitrogens with one attached hydrogen (secondary N) is 1. The number of aryl methyl sites for hydroxylation is 1. The molecular formula is C30H36BrN3O4S. The minimum absolute atomic E-state index is 0.0560. The van der Waals surface area contributed by atoms with Crippen LogP contribution in [0.25, 0.3) is 0 Å². The van der Waals surface area contributed by atoms with Gasteiger partial charge in [-0.2, -0.15) is 0 Å². The lowest BCUT2D eigenvalue weighted by Crippen LogP contribution is -2.53. The number of carbonyl (C=O) groups is 2. The van der Waals surface area contributed by atoms with Crippen LogP contribution in [-0.4, -0.2) is 43.8 Å². The van der Waals surface area contributed by atoms with E-state index in [1.807, 2.05) is 52.0 Å². The second-order valence-electron chi connectivity index (χ2n) is 9.55. The van der Waals surface area contributed by atoms with Gasteiger partial charge >= 0.3 is 0 Å². The molecule has 0 aromatic heterocycles. The lowest BCUT2D eigenvalue weighted by atomic mass is 10.1. The fraction of sp³-hybridized carbons (Fsp3) is 0.333. The van der Waals surface area contributed by atoms with E-state index < -0.39 is 28.5 Å². The molecule has 3 rings (SSSR count). The van der Waals surface area contributed by atoms with Crippen molar-refractivity contribution < 1.29 is 18.0 Å². The summed E-state index contributed by atoms with van der Waals surface area (Å²) in [5.74, 6) is -0.728. The van der Waals surface area contributed by atoms with Crippen molar-refractivity contribution in [3.05, 3.63) is 94.5 Å². The monoisotopic (exact) mass is 613 g/mol. The van der Waals surface area contributed by atoms with Gasteiger partial charge in [0, 0.05) is 17.1 Å². The third-order valence-corrected chi connectivity index (χ3v) is 8.85. The Labute approximate surface area is 240 Å². The van der Waals surface area contributed by atoms with Gasteiger partial charge in [-0.05, 0) is 62.6 Å². The molecule has 0 heterocycles. The zero-order chi connectivity index (χ0) is 28.6. The summed E-state index contributed by atoms with van der Waals surface area (Å²) in [7, 11) is -4.09. The SMILES string of the molecule is CC[C@H](C(=O)N[C@@H](C)CC)N(Cc1ccc(C)cc1)C(=O)CN(c1cccc(Br)c1)S(=O)(=O)c1ccccc1. The zero-order valence-electron chi connectivity index (χ0n) is 22.8. The zero-order valence-corrected chi connectivity index (χ0v) is 25.2. The van der Waals surface area contributed by atoms with Crippen LogP contribution in [0.2, 0.25) is 0 Å². The number of sulfonamides is 1. The Morgan fingerprint density at radius 2 is 1.59 bits per heavy atom. The van der Waals surface area contributed by atoms with E-state index in [-0.39, 0.29) is 23.4 Å². The molecule has 0 fully saturated rings. The molecule has 0 bridgehead atoms. The first-order chi connectivity index (χ1) is 18.6. The molecule has 2 atom stereocenters. The molecule has 0 aliphatic rings. The van der Waals surface area contributed by atoms with Gasteiger partial charge in [0.05, 0.1) is 10.6 Å². The number of carbonyl (C=O) groups excluding carboxylic acids is 2. The topological polar surface area (TPSA) is 86.8 Å². The van der Waals surface area contributed by atoms with Gasteiger partial charge in [-0.1, -0.05) is 83.9 Å². The number of hydrogen-bond acceptors (Lipinski definition) is 4. The van der Waals surface area contributed by atoms with Crippen molar-refractivity contribution in [1.82, 2.24) is 10.2 Å². The summed E-state index contributed by atoms with van der Waals surface area (Å²) in [6.07, 6.45) is 1.13. The molecule has 9 heteroatoms. The molecule has 3 aromatic rings. The molecule has 0 aliphatic heterocycles. The number of hydrogen-bond donors (Lipinski definition) is 1. The second-order valence-corrected chi connectivity index (χ2v) is 12.3. The van der Waals surface area contributed by atoms with E-state index >= 15 is 0 Å².